The van der Waals surface area contributed by atoms with Crippen LogP contribution in [0.1, 0.15) is 55.8 Å². The molecule has 3 unspecified atom stereocenters. The van der Waals surface area contributed by atoms with Gasteiger partial charge in [0.05, 0.1) is 6.10 Å². The maximum absolute atomic E-state index is 10.2. The number of H-pyrrole nitrogens is 1. The molecule has 3 nitrogen and oxygen atoms in total. The third-order valence-corrected chi connectivity index (χ3v) is 5.26. The predicted octanol–water partition coefficient (Wildman–Crippen LogP) is 3.44. The van der Waals surface area contributed by atoms with Gasteiger partial charge in [-0.05, 0) is 43.7 Å². The van der Waals surface area contributed by atoms with Crippen LogP contribution >= 0.6 is 0 Å². The summed E-state index contributed by atoms with van der Waals surface area (Å²) in [6.07, 6.45) is 7.86. The molecule has 2 aliphatic carbocycles. The minimum Gasteiger partial charge on any atom is -0.392 e. The Balaban J connectivity index is 1.63. The van der Waals surface area contributed by atoms with Crippen molar-refractivity contribution in [3.8, 4) is 0 Å². The lowest BCUT2D eigenvalue weighted by atomic mass is 9.88. The molecular weight excluding hydrogens is 260 g/mol. The van der Waals surface area contributed by atoms with Gasteiger partial charge in [-0.3, -0.25) is 0 Å². The minimum absolute atomic E-state index is 0.173. The first-order valence-electron chi connectivity index (χ1n) is 8.36. The van der Waals surface area contributed by atoms with Crippen molar-refractivity contribution in [2.45, 2.75) is 63.1 Å². The average Bonchev–Trinajstić information content (AvgIpc) is 2.89. The second kappa shape index (κ2) is 5.47. The van der Waals surface area contributed by atoms with E-state index in [4.69, 9.17) is 0 Å². The first kappa shape index (κ1) is 13.4. The maximum atomic E-state index is 10.2. The van der Waals surface area contributed by atoms with Gasteiger partial charge in [0.25, 0.3) is 0 Å². The fourth-order valence-corrected chi connectivity index (χ4v) is 4.15. The van der Waals surface area contributed by atoms with E-state index in [0.717, 1.165) is 12.8 Å². The number of rotatable bonds is 2. The van der Waals surface area contributed by atoms with E-state index in [9.17, 15) is 5.11 Å². The van der Waals surface area contributed by atoms with E-state index in [2.05, 4.69) is 34.6 Å². The molecule has 2 aromatic rings. The summed E-state index contributed by atoms with van der Waals surface area (Å²) in [6.45, 7) is 0. The Kier molecular flexibility index (Phi) is 3.48. The Hall–Kier alpha value is -1.32. The molecule has 1 aromatic heterocycles. The van der Waals surface area contributed by atoms with Gasteiger partial charge in [0.15, 0.2) is 0 Å². The molecule has 2 aliphatic rings. The van der Waals surface area contributed by atoms with E-state index in [1.54, 1.807) is 0 Å². The highest BCUT2D eigenvalue weighted by molar-refractivity contribution is 5.85. The molecule has 21 heavy (non-hydrogen) atoms. The highest BCUT2D eigenvalue weighted by Gasteiger charge is 2.29. The number of hydrogen-bond donors (Lipinski definition) is 3. The molecule has 1 fully saturated rings. The fourth-order valence-electron chi connectivity index (χ4n) is 4.15. The van der Waals surface area contributed by atoms with Crippen molar-refractivity contribution < 1.29 is 5.11 Å². The summed E-state index contributed by atoms with van der Waals surface area (Å²) >= 11 is 0. The molecule has 0 bridgehead atoms. The number of benzene rings is 1. The van der Waals surface area contributed by atoms with Gasteiger partial charge in [0.2, 0.25) is 0 Å². The maximum Gasteiger partial charge on any atom is 0.0693 e. The molecule has 0 amide bonds. The number of nitrogens with one attached hydrogen (secondary N) is 2. The number of aliphatic hydroxyl groups is 1. The summed E-state index contributed by atoms with van der Waals surface area (Å²) in [5.74, 6) is 0. The Morgan fingerprint density at radius 1 is 1.05 bits per heavy atom. The van der Waals surface area contributed by atoms with Crippen molar-refractivity contribution in [1.82, 2.24) is 10.3 Å². The van der Waals surface area contributed by atoms with E-state index in [1.165, 1.54) is 54.3 Å². The van der Waals surface area contributed by atoms with Crippen molar-refractivity contribution in [2.75, 3.05) is 0 Å². The van der Waals surface area contributed by atoms with Crippen LogP contribution in [0.4, 0.5) is 0 Å². The van der Waals surface area contributed by atoms with Crippen molar-refractivity contribution >= 4 is 10.9 Å². The molecule has 1 aromatic carbocycles. The van der Waals surface area contributed by atoms with Crippen molar-refractivity contribution in [3.05, 3.63) is 35.5 Å². The molecule has 0 spiro atoms. The monoisotopic (exact) mass is 284 g/mol. The third-order valence-electron chi connectivity index (χ3n) is 5.26. The summed E-state index contributed by atoms with van der Waals surface area (Å²) in [5, 5.41) is 15.3. The lowest BCUT2D eigenvalue weighted by molar-refractivity contribution is 0.0831. The second-order valence-electron chi connectivity index (χ2n) is 6.63. The van der Waals surface area contributed by atoms with Crippen LogP contribution < -0.4 is 5.32 Å². The molecule has 3 heteroatoms. The number of aryl methyl sites for hydroxylation is 1. The van der Waals surface area contributed by atoms with Crippen LogP contribution in [0.3, 0.4) is 0 Å². The molecule has 112 valence electrons. The van der Waals surface area contributed by atoms with Gasteiger partial charge in [-0.15, -0.1) is 0 Å². The molecule has 1 heterocycles. The van der Waals surface area contributed by atoms with Crippen LogP contribution in [0, 0.1) is 0 Å². The fraction of sp³-hybridized carbons (Fsp3) is 0.556. The van der Waals surface area contributed by atoms with Crippen LogP contribution in [0.15, 0.2) is 24.3 Å². The van der Waals surface area contributed by atoms with Gasteiger partial charge >= 0.3 is 0 Å². The zero-order valence-electron chi connectivity index (χ0n) is 12.4. The zero-order chi connectivity index (χ0) is 14.2. The number of aromatic amines is 1. The van der Waals surface area contributed by atoms with E-state index < -0.39 is 0 Å². The Morgan fingerprint density at radius 3 is 2.81 bits per heavy atom. The van der Waals surface area contributed by atoms with Crippen LogP contribution in [-0.2, 0) is 6.42 Å². The number of para-hydroxylation sites is 1. The second-order valence-corrected chi connectivity index (χ2v) is 6.63. The Bertz CT molecular complexity index is 633. The largest absolute Gasteiger partial charge is 0.392 e. The minimum atomic E-state index is -0.173. The lowest BCUT2D eigenvalue weighted by Crippen LogP contribution is -2.44. The summed E-state index contributed by atoms with van der Waals surface area (Å²) < 4.78 is 0. The summed E-state index contributed by atoms with van der Waals surface area (Å²) in [6, 6.07) is 9.25. The van der Waals surface area contributed by atoms with Gasteiger partial charge < -0.3 is 15.4 Å². The zero-order valence-corrected chi connectivity index (χ0v) is 12.4. The van der Waals surface area contributed by atoms with E-state index in [1.807, 2.05) is 0 Å². The Labute approximate surface area is 125 Å². The van der Waals surface area contributed by atoms with Crippen molar-refractivity contribution in [3.63, 3.8) is 0 Å². The van der Waals surface area contributed by atoms with Crippen LogP contribution in [-0.4, -0.2) is 22.2 Å². The quantitative estimate of drug-likeness (QED) is 0.791. The lowest BCUT2D eigenvalue weighted by Gasteiger charge is -2.34. The topological polar surface area (TPSA) is 48.0 Å². The van der Waals surface area contributed by atoms with Crippen LogP contribution in [0.25, 0.3) is 10.9 Å². The molecular formula is C18H24N2O. The molecule has 1 saturated carbocycles. The molecule has 3 atom stereocenters. The summed E-state index contributed by atoms with van der Waals surface area (Å²) in [5.41, 5.74) is 4.10. The summed E-state index contributed by atoms with van der Waals surface area (Å²) in [4.78, 5) is 3.63. The number of fused-ring (bicyclic) bond motifs is 3. The van der Waals surface area contributed by atoms with Crippen molar-refractivity contribution in [2.24, 2.45) is 0 Å². The first-order valence-corrected chi connectivity index (χ1v) is 8.36. The highest BCUT2D eigenvalue weighted by atomic mass is 16.3. The average molecular weight is 284 g/mol. The van der Waals surface area contributed by atoms with E-state index in [-0.39, 0.29) is 12.1 Å². The standard InChI is InChI=1S/C18H24N2O/c21-17-11-4-3-9-15(17)19-16-10-5-7-13-12-6-1-2-8-14(12)20-18(13)16/h1-2,6,8,15-17,19-21H,3-5,7,9-11H2. The van der Waals surface area contributed by atoms with Crippen LogP contribution in [0.5, 0.6) is 0 Å². The number of aliphatic hydroxyl groups excluding tert-OH is 1. The van der Waals surface area contributed by atoms with Crippen molar-refractivity contribution in [1.29, 1.82) is 0 Å². The summed E-state index contributed by atoms with van der Waals surface area (Å²) in [7, 11) is 0. The first-order chi connectivity index (χ1) is 10.3. The van der Waals surface area contributed by atoms with E-state index >= 15 is 0 Å². The van der Waals surface area contributed by atoms with Crippen LogP contribution in [0.2, 0.25) is 0 Å². The normalized spacial score (nSPS) is 29.5. The highest BCUT2D eigenvalue weighted by Crippen LogP contribution is 2.35. The SMILES string of the molecule is OC1CCCCC1NC1CCCc2c1[nH]c1ccccc21. The molecule has 4 rings (SSSR count). The van der Waals surface area contributed by atoms with Gasteiger partial charge in [0.1, 0.15) is 0 Å². The predicted molar refractivity (Wildman–Crippen MR) is 85.4 cm³/mol. The molecule has 3 N–H and O–H groups in total. The van der Waals surface area contributed by atoms with Gasteiger partial charge in [-0.1, -0.05) is 31.0 Å². The Morgan fingerprint density at radius 2 is 1.90 bits per heavy atom. The number of aromatic nitrogens is 1. The molecule has 0 aliphatic heterocycles. The third kappa shape index (κ3) is 2.39. The smallest absolute Gasteiger partial charge is 0.0693 e. The van der Waals surface area contributed by atoms with Gasteiger partial charge in [-0.2, -0.15) is 0 Å². The molecule has 0 saturated heterocycles. The van der Waals surface area contributed by atoms with Gasteiger partial charge in [0, 0.05) is 28.7 Å². The molecule has 0 radical (unpaired) electrons. The van der Waals surface area contributed by atoms with E-state index in [0.29, 0.717) is 6.04 Å². The number of hydrogen-bond acceptors (Lipinski definition) is 2. The van der Waals surface area contributed by atoms with Gasteiger partial charge in [-0.25, -0.2) is 0 Å².